The molecule has 7 nitrogen and oxygen atoms in total. The summed E-state index contributed by atoms with van der Waals surface area (Å²) >= 11 is 0. The molecule has 5 N–H and O–H groups in total. The summed E-state index contributed by atoms with van der Waals surface area (Å²) in [7, 11) is 0. The monoisotopic (exact) mass is 273 g/mol. The molecular formula is C12H23N3O4. The van der Waals surface area contributed by atoms with Crippen molar-refractivity contribution >= 4 is 17.9 Å². The molecule has 7 heteroatoms. The van der Waals surface area contributed by atoms with Gasteiger partial charge >= 0.3 is 12.0 Å². The van der Waals surface area contributed by atoms with Crippen LogP contribution in [0.3, 0.4) is 0 Å². The molecule has 19 heavy (non-hydrogen) atoms. The molecule has 0 fully saturated rings. The van der Waals surface area contributed by atoms with E-state index in [1.807, 2.05) is 20.8 Å². The van der Waals surface area contributed by atoms with Crippen LogP contribution in [0.1, 0.15) is 40.0 Å². The van der Waals surface area contributed by atoms with E-state index in [2.05, 4.69) is 10.6 Å². The van der Waals surface area contributed by atoms with E-state index in [0.29, 0.717) is 5.92 Å². The molecule has 0 aromatic carbocycles. The summed E-state index contributed by atoms with van der Waals surface area (Å²) < 4.78 is 0. The highest BCUT2D eigenvalue weighted by atomic mass is 16.4. The molecule has 0 aromatic heterocycles. The summed E-state index contributed by atoms with van der Waals surface area (Å²) in [6, 6.07) is -1.97. The van der Waals surface area contributed by atoms with Crippen LogP contribution in [0.15, 0.2) is 0 Å². The molecule has 0 saturated heterocycles. The number of nitrogens with one attached hydrogen (secondary N) is 2. The number of urea groups is 1. The summed E-state index contributed by atoms with van der Waals surface area (Å²) in [6.45, 7) is 5.91. The van der Waals surface area contributed by atoms with Crippen molar-refractivity contribution < 1.29 is 19.5 Å². The average Bonchev–Trinajstić information content (AvgIpc) is 2.28. The lowest BCUT2D eigenvalue weighted by atomic mass is 9.96. The van der Waals surface area contributed by atoms with Crippen molar-refractivity contribution in [3.05, 3.63) is 0 Å². The maximum atomic E-state index is 11.6. The van der Waals surface area contributed by atoms with E-state index in [1.165, 1.54) is 0 Å². The van der Waals surface area contributed by atoms with Gasteiger partial charge in [-0.2, -0.15) is 0 Å². The number of aliphatic carboxylic acids is 1. The average molecular weight is 273 g/mol. The van der Waals surface area contributed by atoms with Crippen molar-refractivity contribution in [3.8, 4) is 0 Å². The Balaban J connectivity index is 4.41. The van der Waals surface area contributed by atoms with Crippen molar-refractivity contribution in [2.24, 2.45) is 11.7 Å². The highest BCUT2D eigenvalue weighted by Gasteiger charge is 2.23. The molecule has 3 amide bonds. The number of nitrogens with two attached hydrogens (primary N) is 1. The van der Waals surface area contributed by atoms with Crippen LogP contribution in [-0.4, -0.2) is 35.1 Å². The Morgan fingerprint density at radius 1 is 1.16 bits per heavy atom. The van der Waals surface area contributed by atoms with Crippen molar-refractivity contribution in [3.63, 3.8) is 0 Å². The van der Waals surface area contributed by atoms with Gasteiger partial charge in [-0.25, -0.2) is 9.59 Å². The third-order valence-electron chi connectivity index (χ3n) is 3.12. The number of carbonyl (C=O) groups excluding carboxylic acids is 2. The summed E-state index contributed by atoms with van der Waals surface area (Å²) in [5, 5.41) is 13.8. The maximum absolute atomic E-state index is 11.6. The van der Waals surface area contributed by atoms with Crippen LogP contribution in [0, 0.1) is 5.92 Å². The third-order valence-corrected chi connectivity index (χ3v) is 3.12. The number of amides is 3. The van der Waals surface area contributed by atoms with Crippen LogP contribution >= 0.6 is 0 Å². The number of carbonyl (C=O) groups is 3. The zero-order valence-electron chi connectivity index (χ0n) is 11.6. The number of hydrogen-bond acceptors (Lipinski definition) is 3. The lowest BCUT2D eigenvalue weighted by molar-refractivity contribution is -0.140. The molecule has 0 aliphatic carbocycles. The Kier molecular flexibility index (Phi) is 7.55. The van der Waals surface area contributed by atoms with E-state index < -0.39 is 30.4 Å². The van der Waals surface area contributed by atoms with Gasteiger partial charge in [0.15, 0.2) is 0 Å². The van der Waals surface area contributed by atoms with Gasteiger partial charge in [0, 0.05) is 6.04 Å². The molecule has 0 aromatic rings. The van der Waals surface area contributed by atoms with E-state index in [-0.39, 0.29) is 6.04 Å². The predicted molar refractivity (Wildman–Crippen MR) is 70.4 cm³/mol. The van der Waals surface area contributed by atoms with Crippen molar-refractivity contribution in [1.29, 1.82) is 0 Å². The largest absolute Gasteiger partial charge is 0.480 e. The van der Waals surface area contributed by atoms with Crippen molar-refractivity contribution in [1.82, 2.24) is 10.6 Å². The Bertz CT molecular complexity index is 329. The van der Waals surface area contributed by atoms with E-state index in [4.69, 9.17) is 10.8 Å². The minimum atomic E-state index is -1.30. The number of carboxylic acids is 1. The van der Waals surface area contributed by atoms with Crippen molar-refractivity contribution in [2.75, 3.05) is 0 Å². The van der Waals surface area contributed by atoms with E-state index >= 15 is 0 Å². The smallest absolute Gasteiger partial charge is 0.326 e. The van der Waals surface area contributed by atoms with Crippen LogP contribution in [0.5, 0.6) is 0 Å². The Labute approximate surface area is 112 Å². The highest BCUT2D eigenvalue weighted by molar-refractivity contribution is 5.87. The minimum Gasteiger partial charge on any atom is -0.480 e. The number of hydrogen-bond donors (Lipinski definition) is 4. The van der Waals surface area contributed by atoms with Crippen LogP contribution in [0.4, 0.5) is 4.79 Å². The quantitative estimate of drug-likeness (QED) is 0.512. The molecule has 0 heterocycles. The van der Waals surface area contributed by atoms with Gasteiger partial charge in [-0.3, -0.25) is 4.79 Å². The van der Waals surface area contributed by atoms with Crippen LogP contribution in [-0.2, 0) is 9.59 Å². The number of carboxylic acid groups (broad SMARTS) is 1. The third kappa shape index (κ3) is 6.64. The molecular weight excluding hydrogens is 250 g/mol. The summed E-state index contributed by atoms with van der Waals surface area (Å²) in [4.78, 5) is 33.2. The first-order valence-electron chi connectivity index (χ1n) is 6.39. The van der Waals surface area contributed by atoms with Gasteiger partial charge in [0.1, 0.15) is 6.04 Å². The summed E-state index contributed by atoms with van der Waals surface area (Å²) in [5.74, 6) is -1.74. The van der Waals surface area contributed by atoms with Gasteiger partial charge in [-0.15, -0.1) is 0 Å². The maximum Gasteiger partial charge on any atom is 0.326 e. The highest BCUT2D eigenvalue weighted by Crippen LogP contribution is 2.12. The predicted octanol–water partition coefficient (Wildman–Crippen LogP) is 0.439. The Morgan fingerprint density at radius 2 is 1.68 bits per heavy atom. The second-order valence-electron chi connectivity index (χ2n) is 4.54. The lowest BCUT2D eigenvalue weighted by Gasteiger charge is -2.23. The standard InChI is InChI=1S/C12H23N3O4/c1-4-8(5-2)7(3)14-12(19)15-9(11(17)18)6-10(13)16/h7-9H,4-6H2,1-3H3,(H2,13,16)(H,17,18)(H2,14,15,19)/t7?,9-/m1/s1. The molecule has 0 saturated carbocycles. The molecule has 0 aliphatic rings. The normalized spacial score (nSPS) is 13.7. The summed E-state index contributed by atoms with van der Waals surface area (Å²) in [6.07, 6.45) is 1.41. The topological polar surface area (TPSA) is 122 Å². The van der Waals surface area contributed by atoms with E-state index in [0.717, 1.165) is 12.8 Å². The molecule has 2 atom stereocenters. The first-order chi connectivity index (χ1) is 8.81. The first kappa shape index (κ1) is 17.2. The molecule has 0 bridgehead atoms. The van der Waals surface area contributed by atoms with E-state index in [9.17, 15) is 14.4 Å². The van der Waals surface area contributed by atoms with Crippen LogP contribution in [0.25, 0.3) is 0 Å². The second kappa shape index (κ2) is 8.34. The molecule has 0 spiro atoms. The molecule has 0 rings (SSSR count). The van der Waals surface area contributed by atoms with Gasteiger partial charge < -0.3 is 21.5 Å². The SMILES string of the molecule is CCC(CC)C(C)NC(=O)N[C@H](CC(N)=O)C(=O)O. The summed E-state index contributed by atoms with van der Waals surface area (Å²) in [5.41, 5.74) is 4.93. The van der Waals surface area contributed by atoms with Crippen LogP contribution in [0.2, 0.25) is 0 Å². The van der Waals surface area contributed by atoms with E-state index in [1.54, 1.807) is 0 Å². The first-order valence-corrected chi connectivity index (χ1v) is 6.39. The van der Waals surface area contributed by atoms with Gasteiger partial charge in [0.25, 0.3) is 0 Å². The van der Waals surface area contributed by atoms with Gasteiger partial charge in [0.2, 0.25) is 5.91 Å². The fraction of sp³-hybridized carbons (Fsp3) is 0.750. The minimum absolute atomic E-state index is 0.0713. The zero-order chi connectivity index (χ0) is 15.0. The number of rotatable bonds is 8. The van der Waals surface area contributed by atoms with Crippen molar-refractivity contribution in [2.45, 2.75) is 52.1 Å². The zero-order valence-corrected chi connectivity index (χ0v) is 11.6. The van der Waals surface area contributed by atoms with Gasteiger partial charge in [-0.05, 0) is 12.8 Å². The molecule has 0 radical (unpaired) electrons. The molecule has 110 valence electrons. The fourth-order valence-electron chi connectivity index (χ4n) is 1.92. The van der Waals surface area contributed by atoms with Gasteiger partial charge in [0.05, 0.1) is 6.42 Å². The molecule has 1 unspecified atom stereocenters. The van der Waals surface area contributed by atoms with Crippen LogP contribution < -0.4 is 16.4 Å². The molecule has 0 aliphatic heterocycles. The Morgan fingerprint density at radius 3 is 2.05 bits per heavy atom. The Hall–Kier alpha value is -1.79. The number of primary amides is 1. The second-order valence-corrected chi connectivity index (χ2v) is 4.54. The lowest BCUT2D eigenvalue weighted by Crippen LogP contribution is -2.50. The fourth-order valence-corrected chi connectivity index (χ4v) is 1.92. The van der Waals surface area contributed by atoms with Gasteiger partial charge in [-0.1, -0.05) is 26.7 Å².